The van der Waals surface area contributed by atoms with E-state index in [0.717, 1.165) is 32.2 Å². The summed E-state index contributed by atoms with van der Waals surface area (Å²) < 4.78 is 0. The first kappa shape index (κ1) is 13.0. The third-order valence-corrected chi connectivity index (χ3v) is 2.02. The molecule has 84 valence electrons. The molecule has 0 amide bonds. The van der Waals surface area contributed by atoms with E-state index in [1.165, 1.54) is 5.01 Å². The highest BCUT2D eigenvalue weighted by Gasteiger charge is 2.02. The molecule has 0 aromatic heterocycles. The fraction of sp³-hybridized carbons (Fsp3) is 1.00. The van der Waals surface area contributed by atoms with Gasteiger partial charge in [0.1, 0.15) is 0 Å². The van der Waals surface area contributed by atoms with Gasteiger partial charge in [0.25, 0.3) is 0 Å². The molecule has 6 nitrogen and oxygen atoms in total. The zero-order chi connectivity index (χ0) is 10.8. The van der Waals surface area contributed by atoms with E-state index in [0.29, 0.717) is 6.54 Å². The molecule has 0 aromatic carbocycles. The molecular weight excluding hydrogens is 184 g/mol. The van der Waals surface area contributed by atoms with Gasteiger partial charge in [-0.3, -0.25) is 0 Å². The van der Waals surface area contributed by atoms with Crippen molar-refractivity contribution in [2.45, 2.75) is 25.7 Å². The van der Waals surface area contributed by atoms with E-state index in [1.54, 1.807) is 7.05 Å². The van der Waals surface area contributed by atoms with Crippen LogP contribution in [0.25, 0.3) is 0 Å². The molecular formula is C8H19N4O2-. The van der Waals surface area contributed by atoms with Gasteiger partial charge in [0.15, 0.2) is 0 Å². The van der Waals surface area contributed by atoms with Gasteiger partial charge < -0.3 is 15.7 Å². The largest absolute Gasteiger partial charge is 0.737 e. The van der Waals surface area contributed by atoms with Crippen LogP contribution < -0.4 is 5.32 Å². The van der Waals surface area contributed by atoms with Gasteiger partial charge in [-0.25, -0.2) is 0 Å². The molecule has 0 saturated carbocycles. The molecule has 0 aromatic rings. The first-order valence-electron chi connectivity index (χ1n) is 4.88. The molecule has 0 aliphatic heterocycles. The van der Waals surface area contributed by atoms with Crippen LogP contribution in [0.15, 0.2) is 5.28 Å². The second-order valence-electron chi connectivity index (χ2n) is 3.23. The zero-order valence-corrected chi connectivity index (χ0v) is 8.90. The van der Waals surface area contributed by atoms with Crippen molar-refractivity contribution in [2.24, 2.45) is 5.28 Å². The number of nitrogens with zero attached hydrogens (tertiary/aromatic N) is 3. The number of hydrogen-bond donors (Lipinski definition) is 1. The van der Waals surface area contributed by atoms with E-state index in [-0.39, 0.29) is 4.97 Å². The third kappa shape index (κ3) is 6.47. The van der Waals surface area contributed by atoms with E-state index in [4.69, 9.17) is 0 Å². The second kappa shape index (κ2) is 8.55. The standard InChI is InChI=1S/C8H20N4O2/c1-9-7-5-3-4-6-8-11(2)12(14)10-13/h9,13H,3-8H2,1-2H3/p-1/b12-10+. The van der Waals surface area contributed by atoms with Gasteiger partial charge in [0, 0.05) is 4.97 Å². The van der Waals surface area contributed by atoms with Gasteiger partial charge in [0.05, 0.1) is 13.6 Å². The minimum absolute atomic E-state index is 0.0770. The van der Waals surface area contributed by atoms with E-state index < -0.39 is 0 Å². The summed E-state index contributed by atoms with van der Waals surface area (Å²) in [5.41, 5.74) is 0. The predicted molar refractivity (Wildman–Crippen MR) is 54.4 cm³/mol. The molecule has 1 N–H and O–H groups in total. The highest BCUT2D eigenvalue weighted by molar-refractivity contribution is 4.46. The molecule has 6 heteroatoms. The SMILES string of the molecule is CNCCCCCCN(C)/[N+]([O-])=N\[O-]. The summed E-state index contributed by atoms with van der Waals surface area (Å²) in [5, 5.41) is 27.1. The summed E-state index contributed by atoms with van der Waals surface area (Å²) in [4.78, 5) is 0.0770. The summed E-state index contributed by atoms with van der Waals surface area (Å²) >= 11 is 0. The van der Waals surface area contributed by atoms with Crippen LogP contribution in [-0.4, -0.2) is 37.2 Å². The average Bonchev–Trinajstić information content (AvgIpc) is 2.21. The number of nitrogens with one attached hydrogen (secondary N) is 1. The van der Waals surface area contributed by atoms with Crippen molar-refractivity contribution < 1.29 is 4.97 Å². The Hall–Kier alpha value is -1.04. The van der Waals surface area contributed by atoms with Crippen LogP contribution in [0.5, 0.6) is 0 Å². The van der Waals surface area contributed by atoms with Crippen molar-refractivity contribution in [3.8, 4) is 0 Å². The maximum Gasteiger partial charge on any atom is 0.0764 e. The van der Waals surface area contributed by atoms with Gasteiger partial charge in [-0.1, -0.05) is 12.8 Å². The second-order valence-corrected chi connectivity index (χ2v) is 3.23. The van der Waals surface area contributed by atoms with Crippen LogP contribution in [0.3, 0.4) is 0 Å². The Morgan fingerprint density at radius 2 is 1.93 bits per heavy atom. The highest BCUT2D eigenvalue weighted by atomic mass is 16.6. The van der Waals surface area contributed by atoms with Crippen LogP contribution in [0.2, 0.25) is 0 Å². The van der Waals surface area contributed by atoms with Gasteiger partial charge in [0.2, 0.25) is 0 Å². The Morgan fingerprint density at radius 3 is 2.50 bits per heavy atom. The molecule has 0 aliphatic carbocycles. The Balaban J connectivity index is 3.27. The molecule has 0 fully saturated rings. The minimum atomic E-state index is 0.0770. The molecule has 0 heterocycles. The Labute approximate surface area is 84.7 Å². The summed E-state index contributed by atoms with van der Waals surface area (Å²) in [6.07, 6.45) is 4.27. The predicted octanol–water partition coefficient (Wildman–Crippen LogP) is 1.07. The van der Waals surface area contributed by atoms with Crippen molar-refractivity contribution >= 4 is 0 Å². The average molecular weight is 203 g/mol. The van der Waals surface area contributed by atoms with Crippen LogP contribution in [0, 0.1) is 10.4 Å². The highest BCUT2D eigenvalue weighted by Crippen LogP contribution is 2.00. The molecule has 0 radical (unpaired) electrons. The molecule has 0 unspecified atom stereocenters. The Morgan fingerprint density at radius 1 is 1.29 bits per heavy atom. The smallest absolute Gasteiger partial charge is 0.0764 e. The topological polar surface area (TPSA) is 76.8 Å². The Bertz CT molecular complexity index is 163. The first-order valence-corrected chi connectivity index (χ1v) is 4.88. The van der Waals surface area contributed by atoms with Crippen molar-refractivity contribution in [3.63, 3.8) is 0 Å². The minimum Gasteiger partial charge on any atom is -0.737 e. The maximum atomic E-state index is 10.6. The maximum absolute atomic E-state index is 10.6. The lowest BCUT2D eigenvalue weighted by molar-refractivity contribution is -0.684. The van der Waals surface area contributed by atoms with Crippen molar-refractivity contribution in [3.05, 3.63) is 10.4 Å². The van der Waals surface area contributed by atoms with E-state index >= 15 is 0 Å². The van der Waals surface area contributed by atoms with Gasteiger partial charge >= 0.3 is 0 Å². The number of hydrazine groups is 1. The quantitative estimate of drug-likeness (QED) is 0.277. The molecule has 0 spiro atoms. The molecule has 0 aliphatic rings. The number of unbranched alkanes of at least 4 members (excludes halogenated alkanes) is 3. The van der Waals surface area contributed by atoms with Crippen LogP contribution in [0.1, 0.15) is 25.7 Å². The zero-order valence-electron chi connectivity index (χ0n) is 8.90. The van der Waals surface area contributed by atoms with Crippen LogP contribution in [-0.2, 0) is 0 Å². The van der Waals surface area contributed by atoms with Crippen LogP contribution >= 0.6 is 0 Å². The van der Waals surface area contributed by atoms with E-state index in [9.17, 15) is 10.4 Å². The summed E-state index contributed by atoms with van der Waals surface area (Å²) in [6.45, 7) is 1.61. The molecule has 0 rings (SSSR count). The molecule has 0 saturated heterocycles. The lowest BCUT2D eigenvalue weighted by Gasteiger charge is -2.13. The van der Waals surface area contributed by atoms with Gasteiger partial charge in [-0.05, 0) is 31.7 Å². The first-order chi connectivity index (χ1) is 6.72. The van der Waals surface area contributed by atoms with E-state index in [2.05, 4.69) is 10.6 Å². The lowest BCUT2D eigenvalue weighted by Crippen LogP contribution is -2.26. The van der Waals surface area contributed by atoms with Crippen molar-refractivity contribution in [2.75, 3.05) is 27.2 Å². The fourth-order valence-corrected chi connectivity index (χ4v) is 1.14. The van der Waals surface area contributed by atoms with Crippen molar-refractivity contribution in [1.82, 2.24) is 10.3 Å². The number of rotatable bonds is 8. The molecule has 0 bridgehead atoms. The van der Waals surface area contributed by atoms with Gasteiger partial charge in [-0.2, -0.15) is 5.01 Å². The fourth-order valence-electron chi connectivity index (χ4n) is 1.14. The van der Waals surface area contributed by atoms with Crippen LogP contribution in [0.4, 0.5) is 0 Å². The van der Waals surface area contributed by atoms with Crippen molar-refractivity contribution in [1.29, 1.82) is 0 Å². The molecule has 14 heavy (non-hydrogen) atoms. The third-order valence-electron chi connectivity index (χ3n) is 2.02. The van der Waals surface area contributed by atoms with Gasteiger partial charge in [-0.15, -0.1) is 0 Å². The monoisotopic (exact) mass is 203 g/mol. The Kier molecular flexibility index (Phi) is 7.92. The molecule has 0 atom stereocenters. The number of hydrogen-bond acceptors (Lipinski definition) is 4. The van der Waals surface area contributed by atoms with E-state index in [1.807, 2.05) is 7.05 Å². The lowest BCUT2D eigenvalue weighted by atomic mass is 10.2. The normalized spacial score (nSPS) is 11.7. The summed E-state index contributed by atoms with van der Waals surface area (Å²) in [5.74, 6) is 0. The summed E-state index contributed by atoms with van der Waals surface area (Å²) in [7, 11) is 3.49. The summed E-state index contributed by atoms with van der Waals surface area (Å²) in [6, 6.07) is 0.